The van der Waals surface area contributed by atoms with Crippen LogP contribution < -0.4 is 0 Å². The van der Waals surface area contributed by atoms with E-state index in [9.17, 15) is 0 Å². The first kappa shape index (κ1) is 14.7. The Labute approximate surface area is 119 Å². The van der Waals surface area contributed by atoms with E-state index in [-0.39, 0.29) is 0 Å². The van der Waals surface area contributed by atoms with Crippen LogP contribution in [0.15, 0.2) is 25.1 Å². The second kappa shape index (κ2) is 7.17. The van der Waals surface area contributed by atoms with Crippen molar-refractivity contribution in [1.29, 1.82) is 0 Å². The predicted molar refractivity (Wildman–Crippen MR) is 83.7 cm³/mol. The summed E-state index contributed by atoms with van der Waals surface area (Å²) in [5, 5.41) is 0. The van der Waals surface area contributed by atoms with Gasteiger partial charge in [-0.2, -0.15) is 0 Å². The highest BCUT2D eigenvalue weighted by molar-refractivity contribution is 4.97. The van der Waals surface area contributed by atoms with Crippen molar-refractivity contribution < 1.29 is 0 Å². The van der Waals surface area contributed by atoms with Crippen LogP contribution in [0.1, 0.15) is 65.2 Å². The van der Waals surface area contributed by atoms with E-state index in [2.05, 4.69) is 37.6 Å². The molecule has 0 aromatic rings. The van der Waals surface area contributed by atoms with Crippen molar-refractivity contribution in [1.82, 2.24) is 4.90 Å². The summed E-state index contributed by atoms with van der Waals surface area (Å²) in [6.07, 6.45) is 18.0. The first-order chi connectivity index (χ1) is 9.22. The van der Waals surface area contributed by atoms with Gasteiger partial charge in [-0.3, -0.25) is 0 Å². The summed E-state index contributed by atoms with van der Waals surface area (Å²) in [6, 6.07) is 0.711. The molecule has 2 saturated carbocycles. The molecule has 108 valence electrons. The van der Waals surface area contributed by atoms with Crippen molar-refractivity contribution in [2.24, 2.45) is 17.8 Å². The van der Waals surface area contributed by atoms with Gasteiger partial charge in [0.2, 0.25) is 0 Å². The zero-order valence-corrected chi connectivity index (χ0v) is 12.9. The number of allylic oxidation sites excluding steroid dienone is 1. The van der Waals surface area contributed by atoms with Crippen LogP contribution in [0.4, 0.5) is 0 Å². The zero-order chi connectivity index (χ0) is 13.7. The second-order valence-electron chi connectivity index (χ2n) is 6.67. The van der Waals surface area contributed by atoms with Crippen LogP contribution in [0.2, 0.25) is 0 Å². The van der Waals surface area contributed by atoms with Gasteiger partial charge in [-0.05, 0) is 36.8 Å². The summed E-state index contributed by atoms with van der Waals surface area (Å²) in [7, 11) is 0. The molecule has 0 heterocycles. The molecule has 0 N–H and O–H groups in total. The standard InChI is InChI=1S/C18H31N/c1-4-19(18-11-7-8-12-18)14-13-15(2)16(3)17-9-5-6-10-17/h4,13-18H,1,5-12H2,2-3H3. The van der Waals surface area contributed by atoms with Crippen LogP contribution in [0.3, 0.4) is 0 Å². The summed E-state index contributed by atoms with van der Waals surface area (Å²) in [4.78, 5) is 2.35. The van der Waals surface area contributed by atoms with Gasteiger partial charge < -0.3 is 4.90 Å². The first-order valence-electron chi connectivity index (χ1n) is 8.30. The molecule has 0 amide bonds. The van der Waals surface area contributed by atoms with E-state index in [0.717, 1.165) is 11.8 Å². The Hall–Kier alpha value is -0.720. The lowest BCUT2D eigenvalue weighted by molar-refractivity contribution is 0.299. The van der Waals surface area contributed by atoms with E-state index in [4.69, 9.17) is 0 Å². The second-order valence-corrected chi connectivity index (χ2v) is 6.67. The highest BCUT2D eigenvalue weighted by atomic mass is 15.1. The molecule has 0 bridgehead atoms. The van der Waals surface area contributed by atoms with Crippen LogP contribution in [-0.4, -0.2) is 10.9 Å². The molecule has 2 atom stereocenters. The predicted octanol–water partition coefficient (Wildman–Crippen LogP) is 5.35. The van der Waals surface area contributed by atoms with E-state index < -0.39 is 0 Å². The van der Waals surface area contributed by atoms with Crippen LogP contribution in [-0.2, 0) is 0 Å². The fourth-order valence-electron chi connectivity index (χ4n) is 3.86. The van der Waals surface area contributed by atoms with E-state index in [1.54, 1.807) is 0 Å². The summed E-state index contributed by atoms with van der Waals surface area (Å²) < 4.78 is 0. The molecule has 19 heavy (non-hydrogen) atoms. The maximum absolute atomic E-state index is 3.98. The van der Waals surface area contributed by atoms with Crippen molar-refractivity contribution >= 4 is 0 Å². The monoisotopic (exact) mass is 261 g/mol. The third kappa shape index (κ3) is 3.87. The van der Waals surface area contributed by atoms with Crippen LogP contribution in [0.5, 0.6) is 0 Å². The summed E-state index contributed by atoms with van der Waals surface area (Å²) in [5.41, 5.74) is 0. The minimum absolute atomic E-state index is 0.687. The molecule has 0 aromatic carbocycles. The third-order valence-corrected chi connectivity index (χ3v) is 5.49. The average Bonchev–Trinajstić information content (AvgIpc) is 3.11. The highest BCUT2D eigenvalue weighted by Gasteiger charge is 2.25. The smallest absolute Gasteiger partial charge is 0.0330 e. The Morgan fingerprint density at radius 2 is 1.58 bits per heavy atom. The molecule has 0 aromatic heterocycles. The molecule has 2 aliphatic rings. The highest BCUT2D eigenvalue weighted by Crippen LogP contribution is 2.35. The Bertz CT molecular complexity index is 295. The SMILES string of the molecule is C=CN(C=CC(C)C(C)C1CCCC1)C1CCCC1. The third-order valence-electron chi connectivity index (χ3n) is 5.49. The van der Waals surface area contributed by atoms with E-state index in [1.165, 1.54) is 51.4 Å². The van der Waals surface area contributed by atoms with Gasteiger partial charge in [0.15, 0.2) is 0 Å². The van der Waals surface area contributed by atoms with E-state index in [0.29, 0.717) is 12.0 Å². The minimum atomic E-state index is 0.687. The first-order valence-corrected chi connectivity index (χ1v) is 8.30. The zero-order valence-electron chi connectivity index (χ0n) is 12.9. The van der Waals surface area contributed by atoms with Crippen LogP contribution >= 0.6 is 0 Å². The van der Waals surface area contributed by atoms with Gasteiger partial charge in [-0.25, -0.2) is 0 Å². The molecule has 2 fully saturated rings. The van der Waals surface area contributed by atoms with Gasteiger partial charge in [0.05, 0.1) is 0 Å². The lowest BCUT2D eigenvalue weighted by atomic mass is 9.83. The molecule has 2 unspecified atom stereocenters. The molecule has 1 nitrogen and oxygen atoms in total. The van der Waals surface area contributed by atoms with Crippen molar-refractivity contribution in [2.75, 3.05) is 0 Å². The fraction of sp³-hybridized carbons (Fsp3) is 0.778. The molecular weight excluding hydrogens is 230 g/mol. The largest absolute Gasteiger partial charge is 0.352 e. The lowest BCUT2D eigenvalue weighted by Crippen LogP contribution is -2.23. The average molecular weight is 261 g/mol. The number of rotatable bonds is 6. The van der Waals surface area contributed by atoms with E-state index >= 15 is 0 Å². The van der Waals surface area contributed by atoms with Gasteiger partial charge in [0.1, 0.15) is 0 Å². The molecule has 0 radical (unpaired) electrons. The molecule has 0 saturated heterocycles. The molecule has 0 aliphatic heterocycles. The van der Waals surface area contributed by atoms with Gasteiger partial charge in [-0.15, -0.1) is 0 Å². The summed E-state index contributed by atoms with van der Waals surface area (Å²) >= 11 is 0. The topological polar surface area (TPSA) is 3.24 Å². The van der Waals surface area contributed by atoms with Crippen molar-refractivity contribution in [3.8, 4) is 0 Å². The fourth-order valence-corrected chi connectivity index (χ4v) is 3.86. The number of hydrogen-bond donors (Lipinski definition) is 0. The van der Waals surface area contributed by atoms with Crippen molar-refractivity contribution in [2.45, 2.75) is 71.3 Å². The quantitative estimate of drug-likeness (QED) is 0.623. The molecule has 0 spiro atoms. The Balaban J connectivity index is 1.86. The normalized spacial score (nSPS) is 24.9. The van der Waals surface area contributed by atoms with Crippen molar-refractivity contribution in [3.63, 3.8) is 0 Å². The Kier molecular flexibility index (Phi) is 5.54. The lowest BCUT2D eigenvalue weighted by Gasteiger charge is -2.26. The summed E-state index contributed by atoms with van der Waals surface area (Å²) in [5.74, 6) is 2.48. The Morgan fingerprint density at radius 3 is 2.16 bits per heavy atom. The Morgan fingerprint density at radius 1 is 1.00 bits per heavy atom. The number of nitrogens with zero attached hydrogens (tertiary/aromatic N) is 1. The summed E-state index contributed by atoms with van der Waals surface area (Å²) in [6.45, 7) is 8.81. The maximum Gasteiger partial charge on any atom is 0.0330 e. The minimum Gasteiger partial charge on any atom is -0.352 e. The van der Waals surface area contributed by atoms with Crippen molar-refractivity contribution in [3.05, 3.63) is 25.1 Å². The van der Waals surface area contributed by atoms with Gasteiger partial charge in [0.25, 0.3) is 0 Å². The maximum atomic E-state index is 3.98. The van der Waals surface area contributed by atoms with Crippen LogP contribution in [0.25, 0.3) is 0 Å². The van der Waals surface area contributed by atoms with Gasteiger partial charge in [0, 0.05) is 12.2 Å². The van der Waals surface area contributed by atoms with Gasteiger partial charge >= 0.3 is 0 Å². The number of hydrogen-bond acceptors (Lipinski definition) is 1. The molecule has 1 heteroatoms. The van der Waals surface area contributed by atoms with Gasteiger partial charge in [-0.1, -0.05) is 65.0 Å². The van der Waals surface area contributed by atoms with E-state index in [1.807, 2.05) is 6.20 Å². The molecular formula is C18H31N. The van der Waals surface area contributed by atoms with Crippen LogP contribution in [0, 0.1) is 17.8 Å². The molecule has 2 rings (SSSR count). The molecule has 2 aliphatic carbocycles.